The fourth-order valence-corrected chi connectivity index (χ4v) is 2.32. The van der Waals surface area contributed by atoms with E-state index in [-0.39, 0.29) is 16.5 Å². The number of hydrogen-bond acceptors (Lipinski definition) is 7. The first kappa shape index (κ1) is 18.1. The number of aromatic nitrogens is 2. The van der Waals surface area contributed by atoms with E-state index < -0.39 is 34.8 Å². The molecule has 1 aliphatic heterocycles. The molecule has 1 saturated heterocycles. The Hall–Kier alpha value is -1.27. The first-order valence-electron chi connectivity index (χ1n) is 6.04. The molecule has 0 saturated carbocycles. The van der Waals surface area contributed by atoms with E-state index >= 15 is 0 Å². The molecule has 1 aromatic rings. The monoisotopic (exact) mass is 336 g/mol. The summed E-state index contributed by atoms with van der Waals surface area (Å²) in [6.45, 7) is 0. The standard InChI is InChI=1S/C10H8B3FN2O6S/c11-9(16-1-3(2-17)6(23)15-7(16)20)5(19)4(18)8(14,22-9)10(12,13)21/h1-2,4-5,18-19,21H,(H,15,20,23)/t4-,5+,8-,9-/m0/s1. The molecule has 0 aromatic carbocycles. The van der Waals surface area contributed by atoms with Crippen LogP contribution in [-0.4, -0.2) is 78.2 Å². The second kappa shape index (κ2) is 5.38. The molecule has 2 rings (SSSR count). The van der Waals surface area contributed by atoms with Gasteiger partial charge in [0.2, 0.25) is 0 Å². The Kier molecular flexibility index (Phi) is 4.23. The van der Waals surface area contributed by atoms with Crippen LogP contribution >= 0.6 is 12.2 Å². The van der Waals surface area contributed by atoms with Gasteiger partial charge in [0.15, 0.2) is 6.29 Å². The molecule has 0 aliphatic carbocycles. The van der Waals surface area contributed by atoms with Crippen molar-refractivity contribution in [3.05, 3.63) is 26.9 Å². The predicted molar refractivity (Wildman–Crippen MR) is 78.4 cm³/mol. The van der Waals surface area contributed by atoms with Gasteiger partial charge in [0.05, 0.1) is 5.56 Å². The van der Waals surface area contributed by atoms with Gasteiger partial charge in [0.1, 0.15) is 46.0 Å². The Morgan fingerprint density at radius 3 is 2.48 bits per heavy atom. The van der Waals surface area contributed by atoms with Crippen molar-refractivity contribution in [3.63, 3.8) is 0 Å². The maximum Gasteiger partial charge on any atom is 0.328 e. The molecule has 8 nitrogen and oxygen atoms in total. The number of nitrogens with one attached hydrogen (secondary N) is 1. The maximum absolute atomic E-state index is 14.6. The lowest BCUT2D eigenvalue weighted by molar-refractivity contribution is -0.243. The van der Waals surface area contributed by atoms with E-state index in [1.165, 1.54) is 0 Å². The van der Waals surface area contributed by atoms with Crippen LogP contribution in [0.1, 0.15) is 10.4 Å². The fourth-order valence-electron chi connectivity index (χ4n) is 2.13. The summed E-state index contributed by atoms with van der Waals surface area (Å²) < 4.78 is 19.4. The Bertz CT molecular complexity index is 766. The van der Waals surface area contributed by atoms with Gasteiger partial charge in [-0.3, -0.25) is 14.3 Å². The van der Waals surface area contributed by atoms with E-state index in [0.717, 1.165) is 6.20 Å². The van der Waals surface area contributed by atoms with Crippen LogP contribution in [0.15, 0.2) is 11.0 Å². The van der Waals surface area contributed by atoms with Crippen molar-refractivity contribution < 1.29 is 29.2 Å². The molecule has 116 valence electrons. The van der Waals surface area contributed by atoms with Gasteiger partial charge in [-0.2, -0.15) is 0 Å². The molecular formula is C10H8B3FN2O6S. The minimum atomic E-state index is -3.62. The minimum Gasteiger partial charge on any atom is -0.403 e. The van der Waals surface area contributed by atoms with Crippen molar-refractivity contribution in [2.45, 2.75) is 29.1 Å². The maximum atomic E-state index is 14.6. The number of carbonyl (C=O) groups excluding carboxylic acids is 1. The van der Waals surface area contributed by atoms with Gasteiger partial charge >= 0.3 is 5.69 Å². The number of halogens is 1. The zero-order valence-corrected chi connectivity index (χ0v) is 12.2. The van der Waals surface area contributed by atoms with Crippen LogP contribution in [0.2, 0.25) is 0 Å². The smallest absolute Gasteiger partial charge is 0.328 e. The molecule has 6 radical (unpaired) electrons. The zero-order chi connectivity index (χ0) is 17.8. The Morgan fingerprint density at radius 1 is 1.48 bits per heavy atom. The van der Waals surface area contributed by atoms with Crippen LogP contribution in [0.5, 0.6) is 0 Å². The van der Waals surface area contributed by atoms with Gasteiger partial charge < -0.3 is 20.1 Å². The number of hydrogen-bond donors (Lipinski definition) is 4. The molecule has 1 fully saturated rings. The normalized spacial score (nSPS) is 34.4. The summed E-state index contributed by atoms with van der Waals surface area (Å²) in [4.78, 5) is 24.9. The number of rotatable bonds is 3. The second-order valence-corrected chi connectivity index (χ2v) is 5.45. The number of nitrogens with zero attached hydrogens (tertiary/aromatic N) is 1. The van der Waals surface area contributed by atoms with E-state index in [4.69, 9.17) is 35.8 Å². The van der Waals surface area contributed by atoms with Crippen LogP contribution in [0, 0.1) is 4.64 Å². The Morgan fingerprint density at radius 2 is 2.04 bits per heavy atom. The first-order chi connectivity index (χ1) is 10.4. The summed E-state index contributed by atoms with van der Waals surface area (Å²) in [6, 6.07) is 0. The predicted octanol–water partition coefficient (Wildman–Crippen LogP) is -3.10. The van der Waals surface area contributed by atoms with E-state index in [2.05, 4.69) is 9.72 Å². The molecule has 1 aliphatic rings. The summed E-state index contributed by atoms with van der Waals surface area (Å²) in [5, 5.41) is 25.9. The molecule has 0 spiro atoms. The van der Waals surface area contributed by atoms with Crippen molar-refractivity contribution in [1.82, 2.24) is 9.55 Å². The fraction of sp³-hybridized carbons (Fsp3) is 0.500. The lowest BCUT2D eigenvalue weighted by Gasteiger charge is -2.37. The number of aliphatic hydroxyl groups excluding tert-OH is 2. The summed E-state index contributed by atoms with van der Waals surface area (Å²) >= 11 is 4.72. The third-order valence-corrected chi connectivity index (χ3v) is 3.77. The Labute approximate surface area is 137 Å². The number of aldehydes is 1. The van der Waals surface area contributed by atoms with Crippen LogP contribution in [-0.2, 0) is 10.4 Å². The van der Waals surface area contributed by atoms with E-state index in [0.29, 0.717) is 4.57 Å². The van der Waals surface area contributed by atoms with Crippen LogP contribution in [0.25, 0.3) is 0 Å². The molecule has 0 amide bonds. The molecule has 1 aromatic heterocycles. The van der Waals surface area contributed by atoms with Crippen LogP contribution in [0.3, 0.4) is 0 Å². The van der Waals surface area contributed by atoms with E-state index in [1.807, 2.05) is 0 Å². The van der Waals surface area contributed by atoms with Gasteiger partial charge in [0, 0.05) is 11.6 Å². The summed E-state index contributed by atoms with van der Waals surface area (Å²) in [6.07, 6.45) is -3.75. The minimum absolute atomic E-state index is 0.234. The van der Waals surface area contributed by atoms with Crippen molar-refractivity contribution in [2.75, 3.05) is 0 Å². The largest absolute Gasteiger partial charge is 0.403 e. The first-order valence-corrected chi connectivity index (χ1v) is 6.45. The summed E-state index contributed by atoms with van der Waals surface area (Å²) in [5.74, 6) is -3.62. The van der Waals surface area contributed by atoms with Gasteiger partial charge in [-0.15, -0.1) is 0 Å². The summed E-state index contributed by atoms with van der Waals surface area (Å²) in [5.41, 5.74) is -4.06. The van der Waals surface area contributed by atoms with Gasteiger partial charge in [0.25, 0.3) is 5.85 Å². The highest BCUT2D eigenvalue weighted by atomic mass is 32.1. The number of alkyl halides is 1. The third-order valence-electron chi connectivity index (χ3n) is 3.43. The highest BCUT2D eigenvalue weighted by Gasteiger charge is 2.66. The van der Waals surface area contributed by atoms with Gasteiger partial charge in [-0.1, -0.05) is 12.2 Å². The third kappa shape index (κ3) is 2.52. The SMILES string of the molecule is [B]C([B])(O)[C@@]1(F)O[C@@]([B])(n2cc(C=O)c(=S)[nH]c2=O)[C@H](O)[C@@H]1O. The lowest BCUT2D eigenvalue weighted by atomic mass is 9.59. The number of ether oxygens (including phenoxy) is 1. The Balaban J connectivity index is 2.67. The second-order valence-electron chi connectivity index (χ2n) is 5.05. The highest BCUT2D eigenvalue weighted by Crippen LogP contribution is 2.44. The van der Waals surface area contributed by atoms with Crippen molar-refractivity contribution in [2.24, 2.45) is 0 Å². The highest BCUT2D eigenvalue weighted by molar-refractivity contribution is 7.71. The molecule has 0 unspecified atom stereocenters. The van der Waals surface area contributed by atoms with Crippen molar-refractivity contribution in [3.8, 4) is 0 Å². The number of H-pyrrole nitrogens is 1. The topological polar surface area (TPSA) is 125 Å². The molecule has 4 atom stereocenters. The molecular weight excluding hydrogens is 328 g/mol. The van der Waals surface area contributed by atoms with E-state index in [1.54, 1.807) is 0 Å². The molecule has 4 N–H and O–H groups in total. The molecule has 2 heterocycles. The van der Waals surface area contributed by atoms with Crippen LogP contribution in [0.4, 0.5) is 4.39 Å². The average molecular weight is 336 g/mol. The van der Waals surface area contributed by atoms with E-state index in [9.17, 15) is 29.3 Å². The number of aromatic amines is 1. The van der Waals surface area contributed by atoms with Crippen molar-refractivity contribution >= 4 is 42.0 Å². The average Bonchev–Trinajstić information content (AvgIpc) is 2.61. The molecule has 13 heteroatoms. The lowest BCUT2D eigenvalue weighted by Crippen LogP contribution is -2.59. The zero-order valence-electron chi connectivity index (χ0n) is 11.3. The van der Waals surface area contributed by atoms with Crippen LogP contribution < -0.4 is 5.69 Å². The molecule has 0 bridgehead atoms. The van der Waals surface area contributed by atoms with Crippen molar-refractivity contribution in [1.29, 1.82) is 0 Å². The van der Waals surface area contributed by atoms with Gasteiger partial charge in [-0.05, 0) is 0 Å². The number of aliphatic hydroxyl groups is 3. The molecule has 23 heavy (non-hydrogen) atoms. The number of carbonyl (C=O) groups is 1. The van der Waals surface area contributed by atoms with Gasteiger partial charge in [-0.25, -0.2) is 9.18 Å². The quantitative estimate of drug-likeness (QED) is 0.262. The summed E-state index contributed by atoms with van der Waals surface area (Å²) in [7, 11) is 15.6.